The number of nitrogens with zero attached hydrogens (tertiary/aromatic N) is 1. The first-order valence-electron chi connectivity index (χ1n) is 7.62. The topological polar surface area (TPSA) is 59.3 Å². The number of hydrogen-bond acceptors (Lipinski definition) is 4. The van der Waals surface area contributed by atoms with Crippen LogP contribution in [-0.2, 0) is 11.3 Å². The average molecular weight is 366 g/mol. The highest BCUT2D eigenvalue weighted by atomic mass is 35.5. The quantitative estimate of drug-likeness (QED) is 0.506. The van der Waals surface area contributed by atoms with Crippen LogP contribution >= 0.6 is 11.6 Å². The average Bonchev–Trinajstić information content (AvgIpc) is 2.52. The molecule has 2 rings (SSSR count). The largest absolute Gasteiger partial charge is 0.514 e. The Morgan fingerprint density at radius 1 is 1.24 bits per heavy atom. The van der Waals surface area contributed by atoms with Crippen LogP contribution in [0.5, 0.6) is 0 Å². The minimum absolute atomic E-state index is 0.173. The Labute approximate surface area is 150 Å². The van der Waals surface area contributed by atoms with E-state index < -0.39 is 17.6 Å². The van der Waals surface area contributed by atoms with E-state index in [1.54, 1.807) is 32.9 Å². The maximum Gasteiger partial charge on any atom is 0.514 e. The molecular formula is C18H19ClFN2O3+. The molecule has 0 amide bonds. The maximum absolute atomic E-state index is 14.5. The number of aldehydes is 1. The number of carbonyl (C=O) groups is 2. The van der Waals surface area contributed by atoms with Crippen molar-refractivity contribution in [1.29, 1.82) is 0 Å². The van der Waals surface area contributed by atoms with Crippen LogP contribution in [0, 0.1) is 5.95 Å². The molecule has 7 heteroatoms. The van der Waals surface area contributed by atoms with Crippen LogP contribution in [0.3, 0.4) is 0 Å². The molecular weight excluding hydrogens is 347 g/mol. The van der Waals surface area contributed by atoms with Crippen molar-refractivity contribution >= 4 is 29.8 Å². The predicted octanol–water partition coefficient (Wildman–Crippen LogP) is 3.97. The van der Waals surface area contributed by atoms with Crippen LogP contribution in [0.1, 0.15) is 36.7 Å². The number of halogens is 2. The zero-order valence-corrected chi connectivity index (χ0v) is 14.9. The Morgan fingerprint density at radius 3 is 2.44 bits per heavy atom. The fourth-order valence-electron chi connectivity index (χ4n) is 2.05. The Balaban J connectivity index is 2.33. The van der Waals surface area contributed by atoms with E-state index in [4.69, 9.17) is 16.3 Å². The second kappa shape index (κ2) is 7.61. The van der Waals surface area contributed by atoms with Crippen molar-refractivity contribution in [3.63, 3.8) is 0 Å². The zero-order valence-electron chi connectivity index (χ0n) is 14.2. The van der Waals surface area contributed by atoms with Gasteiger partial charge in [0.25, 0.3) is 11.8 Å². The summed E-state index contributed by atoms with van der Waals surface area (Å²) in [6.45, 7) is 5.36. The molecule has 0 saturated carbocycles. The van der Waals surface area contributed by atoms with Crippen molar-refractivity contribution in [1.82, 2.24) is 0 Å². The van der Waals surface area contributed by atoms with Gasteiger partial charge in [0.1, 0.15) is 12.1 Å². The zero-order chi connectivity index (χ0) is 18.6. The SMILES string of the molecule is CC(C)(C)OC(=O)[n+]1c(NCc2ccc(Cl)cc2)ccc(C=O)c1F. The molecule has 0 radical (unpaired) electrons. The van der Waals surface area contributed by atoms with Gasteiger partial charge in [-0.25, -0.2) is 0 Å². The van der Waals surface area contributed by atoms with E-state index in [1.807, 2.05) is 12.1 Å². The number of nitrogens with one attached hydrogen (secondary N) is 1. The second-order valence-corrected chi connectivity index (χ2v) is 6.81. The minimum atomic E-state index is -0.981. The lowest BCUT2D eigenvalue weighted by Crippen LogP contribution is -2.52. The summed E-state index contributed by atoms with van der Waals surface area (Å²) in [5, 5.41) is 3.58. The van der Waals surface area contributed by atoms with Gasteiger partial charge in [-0.05, 0) is 44.5 Å². The molecule has 0 aliphatic heterocycles. The molecule has 0 aliphatic carbocycles. The van der Waals surface area contributed by atoms with Gasteiger partial charge in [0.15, 0.2) is 6.29 Å². The van der Waals surface area contributed by atoms with Gasteiger partial charge < -0.3 is 4.74 Å². The molecule has 1 aromatic carbocycles. The fourth-order valence-corrected chi connectivity index (χ4v) is 2.18. The first-order chi connectivity index (χ1) is 11.7. The van der Waals surface area contributed by atoms with Crippen LogP contribution in [0.2, 0.25) is 5.02 Å². The number of hydrogen-bond donors (Lipinski definition) is 1. The maximum atomic E-state index is 14.5. The van der Waals surface area contributed by atoms with Crippen LogP contribution in [-0.4, -0.2) is 18.0 Å². The van der Waals surface area contributed by atoms with Gasteiger partial charge in [-0.1, -0.05) is 28.3 Å². The molecule has 0 bridgehead atoms. The predicted molar refractivity (Wildman–Crippen MR) is 92.4 cm³/mol. The molecule has 0 fully saturated rings. The lowest BCUT2D eigenvalue weighted by Gasteiger charge is -2.18. The summed E-state index contributed by atoms with van der Waals surface area (Å²) in [4.78, 5) is 23.3. The highest BCUT2D eigenvalue weighted by Crippen LogP contribution is 2.14. The summed E-state index contributed by atoms with van der Waals surface area (Å²) >= 11 is 5.84. The molecule has 1 aromatic heterocycles. The van der Waals surface area contributed by atoms with E-state index in [9.17, 15) is 14.0 Å². The Kier molecular flexibility index (Phi) is 5.74. The van der Waals surface area contributed by atoms with Gasteiger partial charge in [0.05, 0.1) is 5.56 Å². The van der Waals surface area contributed by atoms with Gasteiger partial charge in [0, 0.05) is 11.1 Å². The third kappa shape index (κ3) is 5.00. The molecule has 25 heavy (non-hydrogen) atoms. The number of aromatic nitrogens is 1. The van der Waals surface area contributed by atoms with Crippen LogP contribution < -0.4 is 9.88 Å². The molecule has 0 saturated heterocycles. The Morgan fingerprint density at radius 2 is 1.88 bits per heavy atom. The third-order valence-electron chi connectivity index (χ3n) is 3.19. The highest BCUT2D eigenvalue weighted by Gasteiger charge is 2.29. The Bertz CT molecular complexity index is 786. The van der Waals surface area contributed by atoms with Crippen LogP contribution in [0.25, 0.3) is 0 Å². The molecule has 2 aromatic rings. The number of carbonyl (C=O) groups excluding carboxylic acids is 2. The summed E-state index contributed by atoms with van der Waals surface area (Å²) in [7, 11) is 0. The number of ether oxygens (including phenoxy) is 1. The van der Waals surface area contributed by atoms with Crippen LogP contribution in [0.15, 0.2) is 36.4 Å². The van der Waals surface area contributed by atoms with Crippen molar-refractivity contribution in [3.8, 4) is 0 Å². The molecule has 132 valence electrons. The van der Waals surface area contributed by atoms with E-state index in [-0.39, 0.29) is 11.4 Å². The number of benzene rings is 1. The van der Waals surface area contributed by atoms with Crippen molar-refractivity contribution in [2.45, 2.75) is 32.9 Å². The lowest BCUT2D eigenvalue weighted by molar-refractivity contribution is -0.605. The summed E-state index contributed by atoms with van der Waals surface area (Å²) < 4.78 is 20.4. The third-order valence-corrected chi connectivity index (χ3v) is 3.44. The normalized spacial score (nSPS) is 11.1. The molecule has 1 N–H and O–H groups in total. The minimum Gasteiger partial charge on any atom is -0.425 e. The van der Waals surface area contributed by atoms with E-state index in [1.165, 1.54) is 12.1 Å². The summed E-state index contributed by atoms with van der Waals surface area (Å²) in [5.41, 5.74) is -0.149. The van der Waals surface area contributed by atoms with Crippen molar-refractivity contribution < 1.29 is 23.3 Å². The van der Waals surface area contributed by atoms with Gasteiger partial charge in [-0.15, -0.1) is 0 Å². The number of anilines is 1. The van der Waals surface area contributed by atoms with Gasteiger partial charge >= 0.3 is 6.09 Å². The molecule has 1 heterocycles. The number of rotatable bonds is 4. The molecule has 0 atom stereocenters. The molecule has 0 spiro atoms. The standard InChI is InChI=1S/C18H18ClFN2O3/c1-18(2,3)25-17(24)22-15(9-6-13(11-23)16(22)20)21-10-12-4-7-14(19)8-5-12/h4-9,11H,10H2,1-3H3/p+1. The van der Waals surface area contributed by atoms with Crippen molar-refractivity contribution in [2.75, 3.05) is 5.32 Å². The monoisotopic (exact) mass is 365 g/mol. The van der Waals surface area contributed by atoms with Crippen molar-refractivity contribution in [2.24, 2.45) is 0 Å². The van der Waals surface area contributed by atoms with Gasteiger partial charge in [-0.3, -0.25) is 10.1 Å². The van der Waals surface area contributed by atoms with Crippen molar-refractivity contribution in [3.05, 3.63) is 58.5 Å². The first-order valence-corrected chi connectivity index (χ1v) is 8.00. The fraction of sp³-hybridized carbons (Fsp3) is 0.278. The smallest absolute Gasteiger partial charge is 0.425 e. The highest BCUT2D eigenvalue weighted by molar-refractivity contribution is 6.30. The molecule has 5 nitrogen and oxygen atoms in total. The summed E-state index contributed by atoms with van der Waals surface area (Å²) in [6.07, 6.45) is -0.563. The first kappa shape index (κ1) is 18.9. The van der Waals surface area contributed by atoms with E-state index in [0.717, 1.165) is 5.56 Å². The van der Waals surface area contributed by atoms with Crippen LogP contribution in [0.4, 0.5) is 15.0 Å². The van der Waals surface area contributed by atoms with Gasteiger partial charge in [0.2, 0.25) is 0 Å². The van der Waals surface area contributed by atoms with E-state index in [2.05, 4.69) is 5.32 Å². The van der Waals surface area contributed by atoms with E-state index in [0.29, 0.717) is 22.4 Å². The molecule has 0 unspecified atom stereocenters. The van der Waals surface area contributed by atoms with Gasteiger partial charge in [-0.2, -0.15) is 9.18 Å². The second-order valence-electron chi connectivity index (χ2n) is 6.38. The molecule has 0 aliphatic rings. The van der Waals surface area contributed by atoms with E-state index >= 15 is 0 Å². The number of pyridine rings is 1. The lowest BCUT2D eigenvalue weighted by atomic mass is 10.2. The summed E-state index contributed by atoms with van der Waals surface area (Å²) in [6, 6.07) is 9.83. The summed E-state index contributed by atoms with van der Waals surface area (Å²) in [5.74, 6) is -0.808. The Hall–Kier alpha value is -2.47.